The van der Waals surface area contributed by atoms with Crippen molar-refractivity contribution in [2.24, 2.45) is 0 Å². The minimum atomic E-state index is -0.435. The second kappa shape index (κ2) is 5.61. The van der Waals surface area contributed by atoms with Crippen LogP contribution in [0.1, 0.15) is 0 Å². The van der Waals surface area contributed by atoms with E-state index in [1.807, 2.05) is 0 Å². The zero-order chi connectivity index (χ0) is 7.98. The smallest absolute Gasteiger partial charge is 0.108 e. The Hall–Kier alpha value is -0.160. The molecule has 0 rings (SSSR count). The fraction of sp³-hybridized carbons (Fsp3) is 1.00. The minimum Gasteiger partial charge on any atom is -0.394 e. The van der Waals surface area contributed by atoms with E-state index < -0.39 is 12.2 Å². The Balaban J connectivity index is 3.70. The number of methoxy groups -OCH3 is 2. The molecule has 4 heteroatoms. The molecule has 10 heavy (non-hydrogen) atoms. The van der Waals surface area contributed by atoms with Crippen LogP contribution in [-0.2, 0) is 9.47 Å². The molecule has 4 nitrogen and oxygen atoms in total. The maximum absolute atomic E-state index is 8.64. The second-order valence-corrected chi connectivity index (χ2v) is 1.91. The molecular formula is C6H14O4. The van der Waals surface area contributed by atoms with Crippen molar-refractivity contribution < 1.29 is 19.7 Å². The van der Waals surface area contributed by atoms with Crippen molar-refractivity contribution in [1.29, 1.82) is 0 Å². The van der Waals surface area contributed by atoms with E-state index in [4.69, 9.17) is 19.7 Å². The van der Waals surface area contributed by atoms with Gasteiger partial charge in [-0.05, 0) is 0 Å². The van der Waals surface area contributed by atoms with Crippen LogP contribution >= 0.6 is 0 Å². The highest BCUT2D eigenvalue weighted by Crippen LogP contribution is 1.99. The van der Waals surface area contributed by atoms with Gasteiger partial charge in [-0.3, -0.25) is 0 Å². The quantitative estimate of drug-likeness (QED) is 0.528. The van der Waals surface area contributed by atoms with E-state index in [9.17, 15) is 0 Å². The van der Waals surface area contributed by atoms with Gasteiger partial charge in [0.15, 0.2) is 0 Å². The summed E-state index contributed by atoms with van der Waals surface area (Å²) in [7, 11) is 2.92. The molecule has 0 aliphatic rings. The summed E-state index contributed by atoms with van der Waals surface area (Å²) in [5, 5.41) is 17.3. The van der Waals surface area contributed by atoms with Crippen LogP contribution in [0.4, 0.5) is 0 Å². The molecule has 0 heterocycles. The third-order valence-corrected chi connectivity index (χ3v) is 1.38. The Labute approximate surface area is 60.4 Å². The predicted octanol–water partition coefficient (Wildman–Crippen LogP) is -0.999. The first kappa shape index (κ1) is 9.84. The van der Waals surface area contributed by atoms with Crippen LogP contribution in [0.15, 0.2) is 0 Å². The van der Waals surface area contributed by atoms with Crippen molar-refractivity contribution in [3.05, 3.63) is 0 Å². The number of ether oxygens (including phenoxy) is 2. The normalized spacial score (nSPS) is 16.8. The Kier molecular flexibility index (Phi) is 5.52. The Morgan fingerprint density at radius 1 is 1.00 bits per heavy atom. The minimum absolute atomic E-state index is 0.143. The van der Waals surface area contributed by atoms with Crippen molar-refractivity contribution in [2.45, 2.75) is 12.2 Å². The van der Waals surface area contributed by atoms with Crippen LogP contribution in [0.2, 0.25) is 0 Å². The Morgan fingerprint density at radius 3 is 1.40 bits per heavy atom. The maximum atomic E-state index is 8.64. The van der Waals surface area contributed by atoms with Crippen LogP contribution in [-0.4, -0.2) is 49.9 Å². The van der Waals surface area contributed by atoms with Gasteiger partial charge in [-0.25, -0.2) is 0 Å². The predicted molar refractivity (Wildman–Crippen MR) is 35.8 cm³/mol. The highest BCUT2D eigenvalue weighted by atomic mass is 16.5. The topological polar surface area (TPSA) is 58.9 Å². The van der Waals surface area contributed by atoms with Gasteiger partial charge in [-0.2, -0.15) is 0 Å². The van der Waals surface area contributed by atoms with E-state index in [1.54, 1.807) is 0 Å². The molecule has 0 aromatic rings. The highest BCUT2D eigenvalue weighted by Gasteiger charge is 2.18. The molecule has 0 aliphatic heterocycles. The molecule has 0 amide bonds. The molecule has 0 fully saturated rings. The van der Waals surface area contributed by atoms with E-state index in [0.29, 0.717) is 0 Å². The average molecular weight is 150 g/mol. The molecule has 2 atom stereocenters. The molecule has 0 aromatic carbocycles. The monoisotopic (exact) mass is 150 g/mol. The summed E-state index contributed by atoms with van der Waals surface area (Å²) in [5.74, 6) is 0. The van der Waals surface area contributed by atoms with Crippen molar-refractivity contribution in [2.75, 3.05) is 27.4 Å². The molecule has 1 unspecified atom stereocenters. The van der Waals surface area contributed by atoms with E-state index in [0.717, 1.165) is 0 Å². The molecule has 0 bridgehead atoms. The van der Waals surface area contributed by atoms with E-state index in [-0.39, 0.29) is 13.2 Å². The number of hydrogen-bond acceptors (Lipinski definition) is 4. The van der Waals surface area contributed by atoms with Gasteiger partial charge in [-0.15, -0.1) is 0 Å². The SMILES string of the molecule is COC(CO)[C@@H](CO)OC. The van der Waals surface area contributed by atoms with Crippen LogP contribution in [0, 0.1) is 0 Å². The van der Waals surface area contributed by atoms with Crippen LogP contribution < -0.4 is 0 Å². The largest absolute Gasteiger partial charge is 0.394 e. The second-order valence-electron chi connectivity index (χ2n) is 1.91. The Bertz CT molecular complexity index is 58.1. The average Bonchev–Trinajstić information content (AvgIpc) is 2.00. The van der Waals surface area contributed by atoms with Gasteiger partial charge in [0.1, 0.15) is 12.2 Å². The number of aliphatic hydroxyl groups excluding tert-OH is 2. The summed E-state index contributed by atoms with van der Waals surface area (Å²) < 4.78 is 9.62. The van der Waals surface area contributed by atoms with Crippen molar-refractivity contribution in [3.63, 3.8) is 0 Å². The molecule has 0 saturated heterocycles. The molecular weight excluding hydrogens is 136 g/mol. The fourth-order valence-electron chi connectivity index (χ4n) is 0.688. The van der Waals surface area contributed by atoms with Crippen molar-refractivity contribution >= 4 is 0 Å². The lowest BCUT2D eigenvalue weighted by atomic mass is 10.2. The van der Waals surface area contributed by atoms with Crippen LogP contribution in [0.3, 0.4) is 0 Å². The van der Waals surface area contributed by atoms with Gasteiger partial charge in [0.05, 0.1) is 13.2 Å². The standard InChI is InChI=1S/C6H14O4/c1-9-5(3-7)6(4-8)10-2/h5-8H,3-4H2,1-2H3/t5-,6?/m1/s1. The summed E-state index contributed by atoms with van der Waals surface area (Å²) >= 11 is 0. The summed E-state index contributed by atoms with van der Waals surface area (Å²) in [6.45, 7) is -0.287. The molecule has 0 spiro atoms. The third-order valence-electron chi connectivity index (χ3n) is 1.38. The Morgan fingerprint density at radius 2 is 1.30 bits per heavy atom. The number of rotatable bonds is 5. The fourth-order valence-corrected chi connectivity index (χ4v) is 0.688. The first-order valence-corrected chi connectivity index (χ1v) is 3.07. The lowest BCUT2D eigenvalue weighted by Gasteiger charge is -2.20. The van der Waals surface area contributed by atoms with Gasteiger partial charge in [-0.1, -0.05) is 0 Å². The van der Waals surface area contributed by atoms with Gasteiger partial charge in [0, 0.05) is 14.2 Å². The van der Waals surface area contributed by atoms with Crippen LogP contribution in [0.25, 0.3) is 0 Å². The van der Waals surface area contributed by atoms with Gasteiger partial charge >= 0.3 is 0 Å². The number of hydrogen-bond donors (Lipinski definition) is 2. The molecule has 0 radical (unpaired) electrons. The first-order valence-electron chi connectivity index (χ1n) is 3.07. The van der Waals surface area contributed by atoms with Crippen molar-refractivity contribution in [1.82, 2.24) is 0 Å². The zero-order valence-corrected chi connectivity index (χ0v) is 6.28. The number of aliphatic hydroxyl groups is 2. The van der Waals surface area contributed by atoms with E-state index >= 15 is 0 Å². The van der Waals surface area contributed by atoms with Gasteiger partial charge in [0.2, 0.25) is 0 Å². The van der Waals surface area contributed by atoms with E-state index in [2.05, 4.69) is 0 Å². The van der Waals surface area contributed by atoms with Crippen LogP contribution in [0.5, 0.6) is 0 Å². The maximum Gasteiger partial charge on any atom is 0.108 e. The molecule has 62 valence electrons. The molecule has 0 saturated carbocycles. The summed E-state index contributed by atoms with van der Waals surface area (Å²) in [5.41, 5.74) is 0. The van der Waals surface area contributed by atoms with Gasteiger partial charge in [0.25, 0.3) is 0 Å². The highest BCUT2D eigenvalue weighted by molar-refractivity contribution is 4.67. The molecule has 0 aliphatic carbocycles. The lowest BCUT2D eigenvalue weighted by Crippen LogP contribution is -2.35. The van der Waals surface area contributed by atoms with Gasteiger partial charge < -0.3 is 19.7 Å². The summed E-state index contributed by atoms with van der Waals surface area (Å²) in [6, 6.07) is 0. The molecule has 0 aromatic heterocycles. The first-order chi connectivity index (χ1) is 4.79. The van der Waals surface area contributed by atoms with Crippen molar-refractivity contribution in [3.8, 4) is 0 Å². The van der Waals surface area contributed by atoms with E-state index in [1.165, 1.54) is 14.2 Å². The summed E-state index contributed by atoms with van der Waals surface area (Å²) in [6.07, 6.45) is -0.870. The summed E-state index contributed by atoms with van der Waals surface area (Å²) in [4.78, 5) is 0. The molecule has 2 N–H and O–H groups in total. The third kappa shape index (κ3) is 2.62. The lowest BCUT2D eigenvalue weighted by molar-refractivity contribution is -0.0790. The zero-order valence-electron chi connectivity index (χ0n) is 6.28.